The summed E-state index contributed by atoms with van der Waals surface area (Å²) >= 11 is 5.79. The van der Waals surface area contributed by atoms with E-state index >= 15 is 0 Å². The van der Waals surface area contributed by atoms with Gasteiger partial charge in [0.15, 0.2) is 11.6 Å². The van der Waals surface area contributed by atoms with Gasteiger partial charge in [-0.1, -0.05) is 24.6 Å². The molecule has 8 heteroatoms. The zero-order valence-corrected chi connectivity index (χ0v) is 12.7. The highest BCUT2D eigenvalue weighted by molar-refractivity contribution is 6.32. The van der Waals surface area contributed by atoms with Gasteiger partial charge in [0, 0.05) is 0 Å². The number of halogens is 7. The number of benzene rings is 1. The molecule has 0 aliphatic heterocycles. The van der Waals surface area contributed by atoms with E-state index in [9.17, 15) is 26.3 Å². The van der Waals surface area contributed by atoms with E-state index in [-0.39, 0.29) is 5.56 Å². The summed E-state index contributed by atoms with van der Waals surface area (Å²) in [6.45, 7) is 2.05. The second-order valence-electron chi connectivity index (χ2n) is 5.46. The minimum Gasteiger partial charge on any atom is -0.423 e. The maximum atomic E-state index is 14.0. The Morgan fingerprint density at radius 3 is 2.35 bits per heavy atom. The molecule has 1 aliphatic rings. The molecule has 0 aromatic heterocycles. The third-order valence-corrected chi connectivity index (χ3v) is 4.00. The second kappa shape index (κ2) is 6.26. The minimum absolute atomic E-state index is 0.277. The van der Waals surface area contributed by atoms with Crippen molar-refractivity contribution >= 4 is 17.2 Å². The van der Waals surface area contributed by atoms with E-state index in [1.54, 1.807) is 0 Å². The maximum Gasteiger partial charge on any atom is 0.499 e. The van der Waals surface area contributed by atoms with Crippen molar-refractivity contribution in [3.63, 3.8) is 0 Å². The lowest BCUT2D eigenvalue weighted by Gasteiger charge is -2.22. The molecule has 1 aliphatic carbocycles. The Bertz CT molecular complexity index is 623. The van der Waals surface area contributed by atoms with Crippen LogP contribution in [0, 0.1) is 11.7 Å². The zero-order chi connectivity index (χ0) is 17.4. The van der Waals surface area contributed by atoms with Crippen LogP contribution in [-0.4, -0.2) is 12.3 Å². The molecule has 0 N–H and O–H groups in total. The van der Waals surface area contributed by atoms with Gasteiger partial charge in [-0.05, 0) is 48.4 Å². The molecule has 0 bridgehead atoms. The van der Waals surface area contributed by atoms with Crippen LogP contribution in [0.5, 0.6) is 5.75 Å². The van der Waals surface area contributed by atoms with Gasteiger partial charge in [-0.2, -0.15) is 22.0 Å². The fraction of sp³-hybridized carbons (Fsp3) is 0.467. The van der Waals surface area contributed by atoms with E-state index in [1.807, 2.05) is 13.0 Å². The van der Waals surface area contributed by atoms with Gasteiger partial charge in [-0.25, -0.2) is 4.39 Å². The summed E-state index contributed by atoms with van der Waals surface area (Å²) in [5.41, 5.74) is 1.01. The minimum atomic E-state index is -5.95. The molecule has 2 rings (SSSR count). The van der Waals surface area contributed by atoms with Crippen LogP contribution in [-0.2, 0) is 0 Å². The van der Waals surface area contributed by atoms with Crippen molar-refractivity contribution in [1.29, 1.82) is 0 Å². The highest BCUT2D eigenvalue weighted by Gasteiger charge is 2.61. The van der Waals surface area contributed by atoms with Crippen LogP contribution in [0.2, 0.25) is 5.02 Å². The molecular weight excluding hydrogens is 346 g/mol. The largest absolute Gasteiger partial charge is 0.499 e. The van der Waals surface area contributed by atoms with Gasteiger partial charge in [-0.3, -0.25) is 0 Å². The van der Waals surface area contributed by atoms with Gasteiger partial charge >= 0.3 is 12.3 Å². The molecule has 0 heterocycles. The van der Waals surface area contributed by atoms with E-state index in [2.05, 4.69) is 4.74 Å². The number of rotatable bonds is 3. The molecule has 0 saturated heterocycles. The quantitative estimate of drug-likeness (QED) is 0.583. The van der Waals surface area contributed by atoms with Crippen LogP contribution in [0.15, 0.2) is 18.2 Å². The first-order valence-electron chi connectivity index (χ1n) is 6.84. The lowest BCUT2D eigenvalue weighted by Crippen LogP contribution is -2.42. The number of allylic oxidation sites excluding steroid dienone is 2. The van der Waals surface area contributed by atoms with Gasteiger partial charge in [0.05, 0.1) is 5.02 Å². The van der Waals surface area contributed by atoms with Gasteiger partial charge in [0.1, 0.15) is 0 Å². The maximum absolute atomic E-state index is 14.0. The summed E-state index contributed by atoms with van der Waals surface area (Å²) in [4.78, 5) is 0. The van der Waals surface area contributed by atoms with Crippen LogP contribution in [0.1, 0.15) is 31.7 Å². The molecule has 0 fully saturated rings. The lowest BCUT2D eigenvalue weighted by molar-refractivity contribution is -0.361. The first-order valence-corrected chi connectivity index (χ1v) is 7.21. The van der Waals surface area contributed by atoms with Crippen LogP contribution in [0.3, 0.4) is 0 Å². The first-order chi connectivity index (χ1) is 10.5. The van der Waals surface area contributed by atoms with Crippen molar-refractivity contribution in [1.82, 2.24) is 0 Å². The molecular formula is C15H13ClF6O. The fourth-order valence-corrected chi connectivity index (χ4v) is 2.54. The molecule has 1 nitrogen and oxygen atoms in total. The van der Waals surface area contributed by atoms with Crippen molar-refractivity contribution in [3.8, 4) is 5.75 Å². The van der Waals surface area contributed by atoms with Gasteiger partial charge in [-0.15, -0.1) is 0 Å². The highest BCUT2D eigenvalue weighted by atomic mass is 35.5. The summed E-state index contributed by atoms with van der Waals surface area (Å²) in [5.74, 6) is -2.21. The van der Waals surface area contributed by atoms with E-state index in [0.717, 1.165) is 24.5 Å². The van der Waals surface area contributed by atoms with Crippen molar-refractivity contribution in [3.05, 3.63) is 34.6 Å². The van der Waals surface area contributed by atoms with Gasteiger partial charge in [0.2, 0.25) is 0 Å². The van der Waals surface area contributed by atoms with E-state index < -0.39 is 28.9 Å². The zero-order valence-electron chi connectivity index (χ0n) is 12.0. The van der Waals surface area contributed by atoms with E-state index in [1.165, 1.54) is 6.07 Å². The van der Waals surface area contributed by atoms with Crippen LogP contribution in [0.25, 0.3) is 5.57 Å². The number of ether oxygens (including phenoxy) is 1. The van der Waals surface area contributed by atoms with Crippen LogP contribution in [0.4, 0.5) is 26.3 Å². The third-order valence-electron chi connectivity index (χ3n) is 3.63. The predicted octanol–water partition coefficient (Wildman–Crippen LogP) is 6.22. The predicted molar refractivity (Wildman–Crippen MR) is 74.0 cm³/mol. The van der Waals surface area contributed by atoms with E-state index in [4.69, 9.17) is 11.6 Å². The van der Waals surface area contributed by atoms with Gasteiger partial charge in [0.25, 0.3) is 0 Å². The number of hydrogen-bond acceptors (Lipinski definition) is 1. The van der Waals surface area contributed by atoms with Crippen molar-refractivity contribution in [2.75, 3.05) is 0 Å². The van der Waals surface area contributed by atoms with Crippen LogP contribution < -0.4 is 4.74 Å². The van der Waals surface area contributed by atoms with Crippen molar-refractivity contribution in [2.45, 2.75) is 38.5 Å². The summed E-state index contributed by atoms with van der Waals surface area (Å²) in [6.07, 6.45) is -7.35. The SMILES string of the molecule is CC1CC=C(c2ccc(OC(F)(F)C(F)(F)F)c(F)c2Cl)CC1. The summed E-state index contributed by atoms with van der Waals surface area (Å²) < 4.78 is 79.6. The van der Waals surface area contributed by atoms with Crippen molar-refractivity contribution < 1.29 is 31.1 Å². The Morgan fingerprint density at radius 1 is 1.17 bits per heavy atom. The van der Waals surface area contributed by atoms with Gasteiger partial charge < -0.3 is 4.74 Å². The fourth-order valence-electron chi connectivity index (χ4n) is 2.26. The molecule has 0 radical (unpaired) electrons. The first kappa shape index (κ1) is 18.0. The molecule has 128 valence electrons. The topological polar surface area (TPSA) is 9.23 Å². The molecule has 0 spiro atoms. The summed E-state index contributed by atoms with van der Waals surface area (Å²) in [6, 6.07) is 1.92. The number of alkyl halides is 5. The average molecular weight is 359 g/mol. The highest BCUT2D eigenvalue weighted by Crippen LogP contribution is 2.41. The average Bonchev–Trinajstić information content (AvgIpc) is 2.44. The summed E-state index contributed by atoms with van der Waals surface area (Å²) in [5, 5.41) is -0.527. The normalized spacial score (nSPS) is 19.5. The Balaban J connectivity index is 2.32. The second-order valence-corrected chi connectivity index (χ2v) is 5.84. The lowest BCUT2D eigenvalue weighted by atomic mass is 9.87. The molecule has 0 amide bonds. The monoisotopic (exact) mass is 358 g/mol. The Kier molecular flexibility index (Phi) is 4.89. The molecule has 1 aromatic carbocycles. The Hall–Kier alpha value is -1.37. The molecule has 1 atom stereocenters. The Labute approximate surface area is 133 Å². The Morgan fingerprint density at radius 2 is 1.83 bits per heavy atom. The smallest absolute Gasteiger partial charge is 0.423 e. The molecule has 0 saturated carbocycles. The molecule has 1 unspecified atom stereocenters. The molecule has 23 heavy (non-hydrogen) atoms. The van der Waals surface area contributed by atoms with E-state index in [0.29, 0.717) is 12.3 Å². The van der Waals surface area contributed by atoms with Crippen molar-refractivity contribution in [2.24, 2.45) is 5.92 Å². The molecule has 1 aromatic rings. The number of hydrogen-bond donors (Lipinski definition) is 0. The van der Waals surface area contributed by atoms with Crippen LogP contribution >= 0.6 is 11.6 Å². The summed E-state index contributed by atoms with van der Waals surface area (Å²) in [7, 11) is 0. The standard InChI is InChI=1S/C15H13ClF6O/c1-8-2-4-9(5-3-8)10-6-7-11(13(17)12(10)16)23-15(21,22)14(18,19)20/h4,6-8H,2-3,5H2,1H3. The third kappa shape index (κ3) is 3.76.